The highest BCUT2D eigenvalue weighted by molar-refractivity contribution is 6.32. The fraction of sp³-hybridized carbons (Fsp3) is 0.385. The molecule has 0 bridgehead atoms. The van der Waals surface area contributed by atoms with E-state index >= 15 is 0 Å². The first kappa shape index (κ1) is 12.0. The lowest BCUT2D eigenvalue weighted by molar-refractivity contribution is 0.654. The van der Waals surface area contributed by atoms with Gasteiger partial charge in [0, 0.05) is 17.8 Å². The van der Waals surface area contributed by atoms with E-state index in [0.717, 1.165) is 24.2 Å². The van der Waals surface area contributed by atoms with Gasteiger partial charge in [0.05, 0.1) is 10.7 Å². The standard InChI is InChI=1S/C13H13Cl2N3/c14-6-9-5-10(15)13(16-7-9)18-8-17-11-3-1-2-4-12(11)18/h5,7-8H,1-4,6H2. The Morgan fingerprint density at radius 3 is 2.83 bits per heavy atom. The molecule has 0 fully saturated rings. The minimum Gasteiger partial charge on any atom is -0.286 e. The van der Waals surface area contributed by atoms with E-state index in [4.69, 9.17) is 23.2 Å². The number of aryl methyl sites for hydroxylation is 1. The number of hydrogen-bond acceptors (Lipinski definition) is 2. The Labute approximate surface area is 116 Å². The molecule has 2 heterocycles. The van der Waals surface area contributed by atoms with Gasteiger partial charge in [-0.05, 0) is 37.3 Å². The first-order valence-electron chi connectivity index (χ1n) is 6.05. The van der Waals surface area contributed by atoms with Crippen LogP contribution in [0.3, 0.4) is 0 Å². The zero-order valence-corrected chi connectivity index (χ0v) is 11.4. The van der Waals surface area contributed by atoms with Gasteiger partial charge < -0.3 is 0 Å². The van der Waals surface area contributed by atoms with E-state index in [9.17, 15) is 0 Å². The van der Waals surface area contributed by atoms with Crippen molar-refractivity contribution in [3.8, 4) is 5.82 Å². The fourth-order valence-electron chi connectivity index (χ4n) is 2.37. The highest BCUT2D eigenvalue weighted by Gasteiger charge is 2.18. The van der Waals surface area contributed by atoms with Crippen LogP contribution in [0.2, 0.25) is 5.02 Å². The van der Waals surface area contributed by atoms with Crippen LogP contribution in [0.1, 0.15) is 29.8 Å². The van der Waals surface area contributed by atoms with E-state index in [-0.39, 0.29) is 0 Å². The second kappa shape index (κ2) is 4.90. The van der Waals surface area contributed by atoms with Gasteiger partial charge in [0.1, 0.15) is 6.33 Å². The van der Waals surface area contributed by atoms with Crippen molar-refractivity contribution in [1.29, 1.82) is 0 Å². The number of imidazole rings is 1. The number of fused-ring (bicyclic) bond motifs is 1. The smallest absolute Gasteiger partial charge is 0.156 e. The van der Waals surface area contributed by atoms with Crippen molar-refractivity contribution in [3.05, 3.63) is 40.6 Å². The van der Waals surface area contributed by atoms with Gasteiger partial charge in [-0.2, -0.15) is 0 Å². The minimum absolute atomic E-state index is 0.426. The van der Waals surface area contributed by atoms with Crippen molar-refractivity contribution >= 4 is 23.2 Å². The number of hydrogen-bond donors (Lipinski definition) is 0. The van der Waals surface area contributed by atoms with Crippen molar-refractivity contribution in [1.82, 2.24) is 14.5 Å². The van der Waals surface area contributed by atoms with E-state index < -0.39 is 0 Å². The normalized spacial score (nSPS) is 14.6. The predicted octanol–water partition coefficient (Wildman–Crippen LogP) is 3.54. The molecule has 0 saturated heterocycles. The topological polar surface area (TPSA) is 30.7 Å². The summed E-state index contributed by atoms with van der Waals surface area (Å²) >= 11 is 12.0. The van der Waals surface area contributed by atoms with Gasteiger partial charge in [0.15, 0.2) is 5.82 Å². The summed E-state index contributed by atoms with van der Waals surface area (Å²) in [5.41, 5.74) is 3.36. The molecule has 0 unspecified atom stereocenters. The van der Waals surface area contributed by atoms with Crippen LogP contribution in [0.25, 0.3) is 5.82 Å². The molecule has 0 aromatic carbocycles. The molecule has 0 radical (unpaired) electrons. The summed E-state index contributed by atoms with van der Waals surface area (Å²) in [5, 5.41) is 0.624. The van der Waals surface area contributed by atoms with Gasteiger partial charge in [-0.3, -0.25) is 4.57 Å². The maximum absolute atomic E-state index is 6.27. The zero-order chi connectivity index (χ0) is 12.5. The molecule has 2 aromatic rings. The van der Waals surface area contributed by atoms with Crippen molar-refractivity contribution in [2.24, 2.45) is 0 Å². The van der Waals surface area contributed by atoms with E-state index in [1.807, 2.05) is 17.0 Å². The summed E-state index contributed by atoms with van der Waals surface area (Å²) < 4.78 is 2.01. The van der Waals surface area contributed by atoms with Crippen molar-refractivity contribution in [2.75, 3.05) is 0 Å². The van der Waals surface area contributed by atoms with Gasteiger partial charge in [0.25, 0.3) is 0 Å². The molecule has 18 heavy (non-hydrogen) atoms. The summed E-state index contributed by atoms with van der Waals surface area (Å²) in [6, 6.07) is 1.87. The van der Waals surface area contributed by atoms with Gasteiger partial charge in [-0.25, -0.2) is 9.97 Å². The Morgan fingerprint density at radius 2 is 2.06 bits per heavy atom. The third kappa shape index (κ3) is 2.02. The van der Waals surface area contributed by atoms with Crippen LogP contribution in [-0.4, -0.2) is 14.5 Å². The Balaban J connectivity index is 2.07. The molecule has 3 nitrogen and oxygen atoms in total. The summed E-state index contributed by atoms with van der Waals surface area (Å²) in [6.45, 7) is 0. The SMILES string of the molecule is ClCc1cnc(-n2cnc3c2CCCC3)c(Cl)c1. The van der Waals surface area contributed by atoms with Crippen molar-refractivity contribution < 1.29 is 0 Å². The Kier molecular flexibility index (Phi) is 3.27. The molecular formula is C13H13Cl2N3. The molecule has 94 valence electrons. The van der Waals surface area contributed by atoms with Crippen molar-refractivity contribution in [2.45, 2.75) is 31.6 Å². The lowest BCUT2D eigenvalue weighted by Crippen LogP contribution is -2.08. The van der Waals surface area contributed by atoms with Crippen LogP contribution in [-0.2, 0) is 18.7 Å². The van der Waals surface area contributed by atoms with Crippen LogP contribution in [0.5, 0.6) is 0 Å². The lowest BCUT2D eigenvalue weighted by atomic mass is 10.0. The predicted molar refractivity (Wildman–Crippen MR) is 72.6 cm³/mol. The van der Waals surface area contributed by atoms with Crippen LogP contribution >= 0.6 is 23.2 Å². The first-order valence-corrected chi connectivity index (χ1v) is 6.96. The maximum Gasteiger partial charge on any atom is 0.156 e. The lowest BCUT2D eigenvalue weighted by Gasteiger charge is -2.14. The average Bonchev–Trinajstić information content (AvgIpc) is 2.82. The Hall–Kier alpha value is -1.06. The maximum atomic E-state index is 6.27. The van der Waals surface area contributed by atoms with E-state index in [1.165, 1.54) is 24.2 Å². The molecule has 3 rings (SSSR count). The average molecular weight is 282 g/mol. The number of rotatable bonds is 2. The quantitative estimate of drug-likeness (QED) is 0.789. The van der Waals surface area contributed by atoms with Crippen LogP contribution in [0.15, 0.2) is 18.6 Å². The molecule has 0 saturated carbocycles. The third-order valence-electron chi connectivity index (χ3n) is 3.29. The fourth-order valence-corrected chi connectivity index (χ4v) is 2.80. The second-order valence-electron chi connectivity index (χ2n) is 4.50. The van der Waals surface area contributed by atoms with Crippen LogP contribution < -0.4 is 0 Å². The third-order valence-corrected chi connectivity index (χ3v) is 3.88. The highest BCUT2D eigenvalue weighted by Crippen LogP contribution is 2.26. The Bertz CT molecular complexity index is 578. The monoisotopic (exact) mass is 281 g/mol. The minimum atomic E-state index is 0.426. The molecule has 1 aliphatic rings. The van der Waals surface area contributed by atoms with E-state index in [2.05, 4.69) is 9.97 Å². The van der Waals surface area contributed by atoms with Crippen molar-refractivity contribution in [3.63, 3.8) is 0 Å². The summed E-state index contributed by atoms with van der Waals surface area (Å²) in [7, 11) is 0. The molecule has 0 amide bonds. The van der Waals surface area contributed by atoms with Gasteiger partial charge in [-0.15, -0.1) is 11.6 Å². The number of alkyl halides is 1. The number of pyridine rings is 1. The van der Waals surface area contributed by atoms with E-state index in [1.54, 1.807) is 6.20 Å². The first-order chi connectivity index (χ1) is 8.79. The van der Waals surface area contributed by atoms with Gasteiger partial charge in [0.2, 0.25) is 0 Å². The molecule has 0 spiro atoms. The van der Waals surface area contributed by atoms with Gasteiger partial charge in [-0.1, -0.05) is 11.6 Å². The molecule has 2 aromatic heterocycles. The number of nitrogens with zero attached hydrogens (tertiary/aromatic N) is 3. The molecule has 0 aliphatic heterocycles. The van der Waals surface area contributed by atoms with Crippen LogP contribution in [0, 0.1) is 0 Å². The number of halogens is 2. The van der Waals surface area contributed by atoms with Crippen LogP contribution in [0.4, 0.5) is 0 Å². The molecule has 1 aliphatic carbocycles. The second-order valence-corrected chi connectivity index (χ2v) is 5.17. The van der Waals surface area contributed by atoms with Gasteiger partial charge >= 0.3 is 0 Å². The number of aromatic nitrogens is 3. The molecular weight excluding hydrogens is 269 g/mol. The Morgan fingerprint density at radius 1 is 1.22 bits per heavy atom. The molecule has 0 atom stereocenters. The zero-order valence-electron chi connectivity index (χ0n) is 9.87. The largest absolute Gasteiger partial charge is 0.286 e. The summed E-state index contributed by atoms with van der Waals surface area (Å²) in [5.74, 6) is 1.18. The molecule has 5 heteroatoms. The summed E-state index contributed by atoms with van der Waals surface area (Å²) in [6.07, 6.45) is 8.12. The summed E-state index contributed by atoms with van der Waals surface area (Å²) in [4.78, 5) is 8.86. The highest BCUT2D eigenvalue weighted by atomic mass is 35.5. The molecule has 0 N–H and O–H groups in total. The van der Waals surface area contributed by atoms with E-state index in [0.29, 0.717) is 10.9 Å².